The Balaban J connectivity index is 2.07. The molecule has 1 aliphatic rings. The summed E-state index contributed by atoms with van der Waals surface area (Å²) in [6.45, 7) is 7.72. The minimum atomic E-state index is -0.0938. The van der Waals surface area contributed by atoms with Gasteiger partial charge in [0.05, 0.1) is 5.92 Å². The van der Waals surface area contributed by atoms with E-state index in [1.807, 2.05) is 13.8 Å². The highest BCUT2D eigenvalue weighted by Crippen LogP contribution is 2.32. The smallest absolute Gasteiger partial charge is 0.231 e. The summed E-state index contributed by atoms with van der Waals surface area (Å²) in [5.74, 6) is 1.79. The van der Waals surface area contributed by atoms with Crippen LogP contribution in [-0.4, -0.2) is 29.3 Å². The molecule has 1 aliphatic carbocycles. The molecule has 0 aromatic carbocycles. The molecule has 19 heavy (non-hydrogen) atoms. The Morgan fingerprint density at radius 3 is 2.89 bits per heavy atom. The van der Waals surface area contributed by atoms with Crippen LogP contribution < -0.4 is 5.32 Å². The molecule has 1 aromatic rings. The SMILES string of the molecule is CCNC1CCCCC1c1nc(C(C)OCC)no1. The lowest BCUT2D eigenvalue weighted by Gasteiger charge is -2.29. The number of hydrogen-bond donors (Lipinski definition) is 1. The third kappa shape index (κ3) is 3.54. The minimum Gasteiger partial charge on any atom is -0.371 e. The summed E-state index contributed by atoms with van der Waals surface area (Å²) >= 11 is 0. The van der Waals surface area contributed by atoms with E-state index in [0.29, 0.717) is 24.4 Å². The van der Waals surface area contributed by atoms with Crippen molar-refractivity contribution in [1.29, 1.82) is 0 Å². The highest BCUT2D eigenvalue weighted by atomic mass is 16.5. The van der Waals surface area contributed by atoms with E-state index < -0.39 is 0 Å². The third-order valence-corrected chi connectivity index (χ3v) is 3.79. The first-order valence-electron chi connectivity index (χ1n) is 7.44. The van der Waals surface area contributed by atoms with Gasteiger partial charge in [0.2, 0.25) is 5.89 Å². The zero-order valence-corrected chi connectivity index (χ0v) is 12.2. The van der Waals surface area contributed by atoms with Crippen molar-refractivity contribution in [2.45, 2.75) is 64.5 Å². The Bertz CT molecular complexity index is 379. The van der Waals surface area contributed by atoms with Crippen molar-refractivity contribution in [3.63, 3.8) is 0 Å². The molecule has 1 aromatic heterocycles. The van der Waals surface area contributed by atoms with Crippen molar-refractivity contribution >= 4 is 0 Å². The molecule has 2 rings (SSSR count). The standard InChI is InChI=1S/C14H25N3O2/c1-4-15-12-9-7-6-8-11(12)14-16-13(17-19-14)10(3)18-5-2/h10-12,15H,4-9H2,1-3H3. The van der Waals surface area contributed by atoms with E-state index in [-0.39, 0.29) is 6.10 Å². The highest BCUT2D eigenvalue weighted by molar-refractivity contribution is 5.02. The molecule has 0 saturated heterocycles. The number of nitrogens with zero attached hydrogens (tertiary/aromatic N) is 2. The van der Waals surface area contributed by atoms with E-state index in [1.165, 1.54) is 19.3 Å². The van der Waals surface area contributed by atoms with Crippen LogP contribution in [0.25, 0.3) is 0 Å². The van der Waals surface area contributed by atoms with E-state index >= 15 is 0 Å². The number of aromatic nitrogens is 2. The zero-order valence-electron chi connectivity index (χ0n) is 12.2. The molecule has 1 N–H and O–H groups in total. The van der Waals surface area contributed by atoms with Crippen molar-refractivity contribution in [3.05, 3.63) is 11.7 Å². The minimum absolute atomic E-state index is 0.0938. The van der Waals surface area contributed by atoms with Crippen molar-refractivity contribution in [1.82, 2.24) is 15.5 Å². The number of hydrogen-bond acceptors (Lipinski definition) is 5. The maximum atomic E-state index is 5.50. The van der Waals surface area contributed by atoms with Crippen molar-refractivity contribution in [2.75, 3.05) is 13.2 Å². The van der Waals surface area contributed by atoms with E-state index in [0.717, 1.165) is 18.9 Å². The summed E-state index contributed by atoms with van der Waals surface area (Å²) in [7, 11) is 0. The van der Waals surface area contributed by atoms with Gasteiger partial charge in [-0.1, -0.05) is 24.9 Å². The van der Waals surface area contributed by atoms with Crippen LogP contribution in [-0.2, 0) is 4.74 Å². The van der Waals surface area contributed by atoms with E-state index in [9.17, 15) is 0 Å². The van der Waals surface area contributed by atoms with E-state index in [2.05, 4.69) is 22.4 Å². The van der Waals surface area contributed by atoms with Crippen LogP contribution in [0.15, 0.2) is 4.52 Å². The number of rotatable bonds is 6. The van der Waals surface area contributed by atoms with Crippen LogP contribution in [0.1, 0.15) is 70.2 Å². The lowest BCUT2D eigenvalue weighted by Crippen LogP contribution is -2.37. The molecular weight excluding hydrogens is 242 g/mol. The maximum Gasteiger partial charge on any atom is 0.231 e. The van der Waals surface area contributed by atoms with Crippen LogP contribution in [0.2, 0.25) is 0 Å². The molecule has 5 heteroatoms. The van der Waals surface area contributed by atoms with Crippen LogP contribution >= 0.6 is 0 Å². The van der Waals surface area contributed by atoms with Gasteiger partial charge in [-0.3, -0.25) is 0 Å². The molecule has 0 aliphatic heterocycles. The molecular formula is C14H25N3O2. The van der Waals surface area contributed by atoms with Crippen LogP contribution in [0.4, 0.5) is 0 Å². The Labute approximate surface area is 115 Å². The van der Waals surface area contributed by atoms with Crippen LogP contribution in [0.5, 0.6) is 0 Å². The summed E-state index contributed by atoms with van der Waals surface area (Å²) in [4.78, 5) is 4.54. The Morgan fingerprint density at radius 1 is 1.37 bits per heavy atom. The number of nitrogens with one attached hydrogen (secondary N) is 1. The van der Waals surface area contributed by atoms with Gasteiger partial charge < -0.3 is 14.6 Å². The summed E-state index contributed by atoms with van der Waals surface area (Å²) in [5.41, 5.74) is 0. The van der Waals surface area contributed by atoms with Gasteiger partial charge in [0.15, 0.2) is 5.82 Å². The molecule has 1 heterocycles. The Morgan fingerprint density at radius 2 is 2.16 bits per heavy atom. The summed E-state index contributed by atoms with van der Waals surface area (Å²) in [5, 5.41) is 7.60. The average Bonchev–Trinajstić information content (AvgIpc) is 2.90. The highest BCUT2D eigenvalue weighted by Gasteiger charge is 2.30. The van der Waals surface area contributed by atoms with Crippen molar-refractivity contribution < 1.29 is 9.26 Å². The summed E-state index contributed by atoms with van der Waals surface area (Å²) in [6.07, 6.45) is 4.75. The zero-order chi connectivity index (χ0) is 13.7. The molecule has 5 nitrogen and oxygen atoms in total. The van der Waals surface area contributed by atoms with Gasteiger partial charge in [0.25, 0.3) is 0 Å². The van der Waals surface area contributed by atoms with Gasteiger partial charge in [-0.25, -0.2) is 0 Å². The molecule has 0 radical (unpaired) electrons. The van der Waals surface area contributed by atoms with Crippen LogP contribution in [0, 0.1) is 0 Å². The molecule has 1 fully saturated rings. The molecule has 0 spiro atoms. The lowest BCUT2D eigenvalue weighted by molar-refractivity contribution is 0.0683. The van der Waals surface area contributed by atoms with Gasteiger partial charge >= 0.3 is 0 Å². The monoisotopic (exact) mass is 267 g/mol. The second-order valence-electron chi connectivity index (χ2n) is 5.14. The number of ether oxygens (including phenoxy) is 1. The first-order chi connectivity index (χ1) is 9.26. The lowest BCUT2D eigenvalue weighted by atomic mass is 9.84. The van der Waals surface area contributed by atoms with Crippen LogP contribution in [0.3, 0.4) is 0 Å². The van der Waals surface area contributed by atoms with Crippen molar-refractivity contribution in [2.24, 2.45) is 0 Å². The first kappa shape index (κ1) is 14.5. The molecule has 1 saturated carbocycles. The largest absolute Gasteiger partial charge is 0.371 e. The maximum absolute atomic E-state index is 5.50. The molecule has 3 unspecified atom stereocenters. The fourth-order valence-corrected chi connectivity index (χ4v) is 2.82. The molecule has 0 bridgehead atoms. The van der Waals surface area contributed by atoms with E-state index in [1.54, 1.807) is 0 Å². The Kier molecular flexibility index (Phi) is 5.34. The number of likely N-dealkylation sites (N-methyl/N-ethyl adjacent to an activating group) is 1. The van der Waals surface area contributed by atoms with Gasteiger partial charge in [0, 0.05) is 12.6 Å². The third-order valence-electron chi connectivity index (χ3n) is 3.79. The fourth-order valence-electron chi connectivity index (χ4n) is 2.82. The second kappa shape index (κ2) is 7.01. The first-order valence-corrected chi connectivity index (χ1v) is 7.44. The summed E-state index contributed by atoms with van der Waals surface area (Å²) in [6, 6.07) is 0.467. The molecule has 3 atom stereocenters. The quantitative estimate of drug-likeness (QED) is 0.858. The molecule has 0 amide bonds. The predicted molar refractivity (Wildman–Crippen MR) is 73.0 cm³/mol. The van der Waals surface area contributed by atoms with Gasteiger partial charge in [-0.2, -0.15) is 4.98 Å². The van der Waals surface area contributed by atoms with Gasteiger partial charge in [0.1, 0.15) is 6.10 Å². The van der Waals surface area contributed by atoms with E-state index in [4.69, 9.17) is 9.26 Å². The average molecular weight is 267 g/mol. The summed E-state index contributed by atoms with van der Waals surface area (Å²) < 4.78 is 11.0. The van der Waals surface area contributed by atoms with Gasteiger partial charge in [-0.05, 0) is 33.2 Å². The second-order valence-corrected chi connectivity index (χ2v) is 5.14. The fraction of sp³-hybridized carbons (Fsp3) is 0.857. The Hall–Kier alpha value is -0.940. The van der Waals surface area contributed by atoms with Gasteiger partial charge in [-0.15, -0.1) is 0 Å². The predicted octanol–water partition coefficient (Wildman–Crippen LogP) is 2.80. The normalized spacial score (nSPS) is 25.4. The van der Waals surface area contributed by atoms with Crippen molar-refractivity contribution in [3.8, 4) is 0 Å². The topological polar surface area (TPSA) is 60.2 Å². The molecule has 108 valence electrons.